The minimum absolute atomic E-state index is 0.846. The smallest absolute Gasteiger partial charge is 0.159 e. The van der Waals surface area contributed by atoms with Gasteiger partial charge in [-0.3, -0.25) is 0 Å². The van der Waals surface area contributed by atoms with E-state index in [2.05, 4.69) is 48.1 Å². The Kier molecular flexibility index (Phi) is 9.18. The fourth-order valence-electron chi connectivity index (χ4n) is 4.70. The lowest BCUT2D eigenvalue weighted by atomic mass is 9.78. The molecule has 1 aromatic heterocycles. The highest BCUT2D eigenvalue weighted by Crippen LogP contribution is 2.34. The minimum Gasteiger partial charge on any atom is -0.236 e. The highest BCUT2D eigenvalue weighted by molar-refractivity contribution is 5.55. The number of nitrogens with zero attached hydrogens (tertiary/aromatic N) is 2. The lowest BCUT2D eigenvalue weighted by Gasteiger charge is -2.28. The maximum absolute atomic E-state index is 4.57. The molecule has 1 aliphatic carbocycles. The molecule has 0 atom stereocenters. The molecule has 0 saturated heterocycles. The quantitative estimate of drug-likeness (QED) is 0.364. The van der Waals surface area contributed by atoms with Gasteiger partial charge in [0.15, 0.2) is 5.82 Å². The van der Waals surface area contributed by atoms with Gasteiger partial charge in [0.2, 0.25) is 0 Å². The van der Waals surface area contributed by atoms with E-state index in [1.54, 1.807) is 0 Å². The molecule has 1 fully saturated rings. The molecule has 0 spiro atoms. The van der Waals surface area contributed by atoms with E-state index in [0.29, 0.717) is 0 Å². The number of hydrogen-bond acceptors (Lipinski definition) is 2. The summed E-state index contributed by atoms with van der Waals surface area (Å²) in [6.45, 7) is 4.52. The normalized spacial score (nSPS) is 19.4. The number of rotatable bonds is 11. The van der Waals surface area contributed by atoms with Gasteiger partial charge in [-0.05, 0) is 48.6 Å². The Morgan fingerprint density at radius 1 is 0.690 bits per heavy atom. The van der Waals surface area contributed by atoms with Crippen molar-refractivity contribution < 1.29 is 0 Å². The topological polar surface area (TPSA) is 25.8 Å². The lowest BCUT2D eigenvalue weighted by molar-refractivity contribution is 0.249. The van der Waals surface area contributed by atoms with Crippen LogP contribution in [0.25, 0.3) is 11.4 Å². The average Bonchev–Trinajstić information content (AvgIpc) is 2.78. The first-order chi connectivity index (χ1) is 14.3. The van der Waals surface area contributed by atoms with Crippen LogP contribution in [0, 0.1) is 11.8 Å². The molecule has 158 valence electrons. The monoisotopic (exact) mass is 392 g/mol. The lowest BCUT2D eigenvalue weighted by Crippen LogP contribution is -2.15. The molecule has 1 saturated carbocycles. The van der Waals surface area contributed by atoms with Crippen LogP contribution >= 0.6 is 0 Å². The van der Waals surface area contributed by atoms with Gasteiger partial charge in [-0.25, -0.2) is 9.97 Å². The molecule has 0 aliphatic heterocycles. The molecule has 0 amide bonds. The molecular formula is C27H40N2. The van der Waals surface area contributed by atoms with Gasteiger partial charge in [0.25, 0.3) is 0 Å². The molecule has 0 unspecified atom stereocenters. The summed E-state index contributed by atoms with van der Waals surface area (Å²) in [5.74, 6) is 2.81. The first-order valence-electron chi connectivity index (χ1n) is 12.2. The van der Waals surface area contributed by atoms with E-state index >= 15 is 0 Å². The van der Waals surface area contributed by atoms with Gasteiger partial charge in [-0.2, -0.15) is 0 Å². The second kappa shape index (κ2) is 12.1. The minimum atomic E-state index is 0.846. The van der Waals surface area contributed by atoms with E-state index in [4.69, 9.17) is 0 Å². The molecule has 2 nitrogen and oxygen atoms in total. The van der Waals surface area contributed by atoms with Crippen LogP contribution in [0.2, 0.25) is 0 Å². The van der Waals surface area contributed by atoms with E-state index in [-0.39, 0.29) is 0 Å². The van der Waals surface area contributed by atoms with Gasteiger partial charge in [0.1, 0.15) is 0 Å². The molecule has 29 heavy (non-hydrogen) atoms. The number of aromatic nitrogens is 2. The Hall–Kier alpha value is -1.70. The van der Waals surface area contributed by atoms with Gasteiger partial charge in [-0.15, -0.1) is 0 Å². The number of benzene rings is 1. The maximum Gasteiger partial charge on any atom is 0.159 e. The van der Waals surface area contributed by atoms with Crippen molar-refractivity contribution in [3.63, 3.8) is 0 Å². The van der Waals surface area contributed by atoms with Crippen molar-refractivity contribution in [1.82, 2.24) is 9.97 Å². The van der Waals surface area contributed by atoms with Crippen molar-refractivity contribution in [3.8, 4) is 11.4 Å². The van der Waals surface area contributed by atoms with Gasteiger partial charge in [0, 0.05) is 18.0 Å². The zero-order valence-electron chi connectivity index (χ0n) is 18.7. The number of hydrogen-bond donors (Lipinski definition) is 0. The largest absolute Gasteiger partial charge is 0.236 e. The molecule has 2 aromatic rings. The van der Waals surface area contributed by atoms with Crippen molar-refractivity contribution >= 4 is 0 Å². The van der Waals surface area contributed by atoms with Gasteiger partial charge >= 0.3 is 0 Å². The zero-order chi connectivity index (χ0) is 20.3. The Bertz CT molecular complexity index is 681. The van der Waals surface area contributed by atoms with E-state index in [0.717, 1.165) is 29.6 Å². The fourth-order valence-corrected chi connectivity index (χ4v) is 4.70. The Balaban J connectivity index is 1.42. The molecule has 3 rings (SSSR count). The fraction of sp³-hybridized carbons (Fsp3) is 0.630. The van der Waals surface area contributed by atoms with Crippen molar-refractivity contribution in [1.29, 1.82) is 0 Å². The van der Waals surface area contributed by atoms with Gasteiger partial charge in [-0.1, -0.05) is 95.9 Å². The Morgan fingerprint density at radius 2 is 1.31 bits per heavy atom. The molecule has 0 bridgehead atoms. The summed E-state index contributed by atoms with van der Waals surface area (Å²) < 4.78 is 0. The third-order valence-corrected chi connectivity index (χ3v) is 6.76. The maximum atomic E-state index is 4.57. The van der Waals surface area contributed by atoms with Crippen LogP contribution in [0.5, 0.6) is 0 Å². The van der Waals surface area contributed by atoms with Crippen LogP contribution in [-0.2, 0) is 12.8 Å². The van der Waals surface area contributed by atoms with Crippen LogP contribution in [0.15, 0.2) is 36.7 Å². The van der Waals surface area contributed by atoms with Crippen molar-refractivity contribution in [3.05, 3.63) is 47.8 Å². The van der Waals surface area contributed by atoms with Crippen LogP contribution < -0.4 is 0 Å². The summed E-state index contributed by atoms with van der Waals surface area (Å²) in [6.07, 6.45) is 21.6. The Labute approximate surface area is 178 Å². The molecule has 0 radical (unpaired) electrons. The summed E-state index contributed by atoms with van der Waals surface area (Å²) in [5, 5.41) is 0. The summed E-state index contributed by atoms with van der Waals surface area (Å²) in [6, 6.07) is 8.95. The molecule has 2 heteroatoms. The molecule has 0 N–H and O–H groups in total. The van der Waals surface area contributed by atoms with Crippen LogP contribution in [0.4, 0.5) is 0 Å². The van der Waals surface area contributed by atoms with E-state index in [9.17, 15) is 0 Å². The predicted octanol–water partition coefficient (Wildman–Crippen LogP) is 7.81. The van der Waals surface area contributed by atoms with Crippen molar-refractivity contribution in [2.75, 3.05) is 0 Å². The third-order valence-electron chi connectivity index (χ3n) is 6.76. The average molecular weight is 393 g/mol. The molecule has 1 aromatic carbocycles. The van der Waals surface area contributed by atoms with E-state index in [1.165, 1.54) is 88.2 Å². The summed E-state index contributed by atoms with van der Waals surface area (Å²) in [4.78, 5) is 9.15. The molecule has 1 heterocycles. The zero-order valence-corrected chi connectivity index (χ0v) is 18.7. The standard InChI is InChI=1S/C27H40N2/c1-3-5-7-9-22-10-12-23(13-11-22)14-15-24-16-18-26(19-17-24)27-28-20-25(21-29-27)8-6-4-2/h16-23H,3-15H2,1-2H3/t22-,23-. The summed E-state index contributed by atoms with van der Waals surface area (Å²) in [5.41, 5.74) is 3.83. The SMILES string of the molecule is CCCCC[C@H]1CC[C@H](CCc2ccc(-c3ncc(CCCC)cn3)cc2)CC1. The van der Waals surface area contributed by atoms with Crippen molar-refractivity contribution in [2.24, 2.45) is 11.8 Å². The van der Waals surface area contributed by atoms with E-state index < -0.39 is 0 Å². The highest BCUT2D eigenvalue weighted by atomic mass is 14.9. The van der Waals surface area contributed by atoms with Gasteiger partial charge < -0.3 is 0 Å². The van der Waals surface area contributed by atoms with Crippen LogP contribution in [0.1, 0.15) is 95.6 Å². The second-order valence-corrected chi connectivity index (χ2v) is 9.14. The van der Waals surface area contributed by atoms with Gasteiger partial charge in [0.05, 0.1) is 0 Å². The summed E-state index contributed by atoms with van der Waals surface area (Å²) in [7, 11) is 0. The highest BCUT2D eigenvalue weighted by Gasteiger charge is 2.20. The van der Waals surface area contributed by atoms with Crippen LogP contribution in [-0.4, -0.2) is 9.97 Å². The molecule has 1 aliphatic rings. The first-order valence-corrected chi connectivity index (χ1v) is 12.2. The van der Waals surface area contributed by atoms with E-state index in [1.807, 2.05) is 12.4 Å². The second-order valence-electron chi connectivity index (χ2n) is 9.14. The Morgan fingerprint density at radius 3 is 1.93 bits per heavy atom. The number of unbranched alkanes of at least 4 members (excludes halogenated alkanes) is 3. The molecular weight excluding hydrogens is 352 g/mol. The number of aryl methyl sites for hydroxylation is 2. The van der Waals surface area contributed by atoms with Crippen LogP contribution in [0.3, 0.4) is 0 Å². The first kappa shape index (κ1) is 22.0. The predicted molar refractivity (Wildman–Crippen MR) is 124 cm³/mol. The summed E-state index contributed by atoms with van der Waals surface area (Å²) >= 11 is 0. The van der Waals surface area contributed by atoms with Crippen molar-refractivity contribution in [2.45, 2.75) is 97.3 Å². The third kappa shape index (κ3) is 7.24.